The molecule has 2 atom stereocenters. The third kappa shape index (κ3) is 3.72. The third-order valence-electron chi connectivity index (χ3n) is 4.77. The number of likely N-dealkylation sites (tertiary alicyclic amines) is 2. The van der Waals surface area contributed by atoms with Crippen molar-refractivity contribution in [3.63, 3.8) is 0 Å². The van der Waals surface area contributed by atoms with Gasteiger partial charge in [0.2, 0.25) is 5.91 Å². The van der Waals surface area contributed by atoms with Gasteiger partial charge in [-0.2, -0.15) is 13.2 Å². The lowest BCUT2D eigenvalue weighted by atomic mass is 10.0. The predicted molar refractivity (Wildman–Crippen MR) is 82.1 cm³/mol. The second kappa shape index (κ2) is 6.72. The van der Waals surface area contributed by atoms with Crippen LogP contribution in [0.5, 0.6) is 0 Å². The molecule has 1 aromatic carbocycles. The maximum Gasteiger partial charge on any atom is 0.416 e. The summed E-state index contributed by atoms with van der Waals surface area (Å²) in [5.41, 5.74) is -0.205. The summed E-state index contributed by atoms with van der Waals surface area (Å²) < 4.78 is 38.4. The molecule has 3 rings (SSSR count). The SMILES string of the molecule is O=C1C(N2CC[C@H](O)C2)CCCN1Cc1cccc(C(F)(F)F)c1. The van der Waals surface area contributed by atoms with Gasteiger partial charge in [-0.05, 0) is 37.0 Å². The maximum absolute atomic E-state index is 12.8. The Hall–Kier alpha value is -1.60. The quantitative estimate of drug-likeness (QED) is 0.916. The van der Waals surface area contributed by atoms with Gasteiger partial charge in [0.05, 0.1) is 17.7 Å². The second-order valence-electron chi connectivity index (χ2n) is 6.55. The normalized spacial score (nSPS) is 26.2. The van der Waals surface area contributed by atoms with Gasteiger partial charge in [0.15, 0.2) is 0 Å². The number of aliphatic hydroxyl groups excluding tert-OH is 1. The Balaban J connectivity index is 1.70. The standard InChI is InChI=1S/C17H21F3N2O2/c18-17(19,20)13-4-1-3-12(9-13)10-22-7-2-5-15(16(22)24)21-8-6-14(23)11-21/h1,3-4,9,14-15,23H,2,5-8,10-11H2/t14-,15?/m0/s1. The molecule has 0 aliphatic carbocycles. The van der Waals surface area contributed by atoms with E-state index >= 15 is 0 Å². The van der Waals surface area contributed by atoms with Crippen LogP contribution in [0.3, 0.4) is 0 Å². The molecule has 0 aromatic heterocycles. The fraction of sp³-hybridized carbons (Fsp3) is 0.588. The van der Waals surface area contributed by atoms with Gasteiger partial charge in [-0.15, -0.1) is 0 Å². The number of hydrogen-bond acceptors (Lipinski definition) is 3. The Labute approximate surface area is 138 Å². The van der Waals surface area contributed by atoms with Gasteiger partial charge in [-0.25, -0.2) is 0 Å². The number of benzene rings is 1. The first kappa shape index (κ1) is 17.2. The van der Waals surface area contributed by atoms with E-state index in [1.54, 1.807) is 11.0 Å². The van der Waals surface area contributed by atoms with Crippen LogP contribution in [-0.2, 0) is 17.5 Å². The molecule has 24 heavy (non-hydrogen) atoms. The van der Waals surface area contributed by atoms with Crippen LogP contribution in [0.2, 0.25) is 0 Å². The van der Waals surface area contributed by atoms with E-state index in [-0.39, 0.29) is 18.5 Å². The number of carbonyl (C=O) groups is 1. The molecule has 1 N–H and O–H groups in total. The van der Waals surface area contributed by atoms with Crippen LogP contribution >= 0.6 is 0 Å². The average molecular weight is 342 g/mol. The molecule has 7 heteroatoms. The van der Waals surface area contributed by atoms with Gasteiger partial charge in [0.25, 0.3) is 0 Å². The molecule has 1 aromatic rings. The Morgan fingerprint density at radius 3 is 2.67 bits per heavy atom. The van der Waals surface area contributed by atoms with Crippen molar-refractivity contribution in [3.05, 3.63) is 35.4 Å². The first-order valence-electron chi connectivity index (χ1n) is 8.21. The van der Waals surface area contributed by atoms with Gasteiger partial charge in [0.1, 0.15) is 0 Å². The predicted octanol–water partition coefficient (Wildman–Crippen LogP) is 2.26. The number of piperidine rings is 1. The van der Waals surface area contributed by atoms with Crippen molar-refractivity contribution in [2.24, 2.45) is 0 Å². The molecule has 1 unspecified atom stereocenters. The minimum atomic E-state index is -4.38. The number of halogens is 3. The van der Waals surface area contributed by atoms with Crippen LogP contribution in [0.15, 0.2) is 24.3 Å². The molecule has 132 valence electrons. The van der Waals surface area contributed by atoms with E-state index in [9.17, 15) is 23.1 Å². The van der Waals surface area contributed by atoms with Crippen molar-refractivity contribution in [2.45, 2.75) is 44.1 Å². The van der Waals surface area contributed by atoms with E-state index in [1.807, 2.05) is 4.90 Å². The van der Waals surface area contributed by atoms with E-state index in [2.05, 4.69) is 0 Å². The first-order valence-corrected chi connectivity index (χ1v) is 8.21. The number of rotatable bonds is 3. The summed E-state index contributed by atoms with van der Waals surface area (Å²) in [4.78, 5) is 16.3. The van der Waals surface area contributed by atoms with Gasteiger partial charge in [0, 0.05) is 26.2 Å². The molecule has 2 aliphatic heterocycles. The van der Waals surface area contributed by atoms with E-state index in [1.165, 1.54) is 6.07 Å². The minimum absolute atomic E-state index is 0.0484. The highest BCUT2D eigenvalue weighted by molar-refractivity contribution is 5.82. The molecular weight excluding hydrogens is 321 g/mol. The largest absolute Gasteiger partial charge is 0.416 e. The molecule has 0 saturated carbocycles. The highest BCUT2D eigenvalue weighted by Gasteiger charge is 2.36. The maximum atomic E-state index is 12.8. The van der Waals surface area contributed by atoms with E-state index in [0.29, 0.717) is 31.6 Å². The second-order valence-corrected chi connectivity index (χ2v) is 6.55. The molecule has 2 fully saturated rings. The molecule has 2 heterocycles. The summed E-state index contributed by atoms with van der Waals surface area (Å²) in [5.74, 6) is -0.0484. The summed E-state index contributed by atoms with van der Waals surface area (Å²) >= 11 is 0. The summed E-state index contributed by atoms with van der Waals surface area (Å²) in [7, 11) is 0. The Morgan fingerprint density at radius 1 is 1.21 bits per heavy atom. The summed E-state index contributed by atoms with van der Waals surface area (Å²) in [6.45, 7) is 1.93. The van der Waals surface area contributed by atoms with Gasteiger partial charge >= 0.3 is 6.18 Å². The monoisotopic (exact) mass is 342 g/mol. The van der Waals surface area contributed by atoms with Gasteiger partial charge in [-0.1, -0.05) is 12.1 Å². The molecule has 2 aliphatic rings. The van der Waals surface area contributed by atoms with Crippen molar-refractivity contribution in [1.29, 1.82) is 0 Å². The van der Waals surface area contributed by atoms with Crippen molar-refractivity contribution in [3.8, 4) is 0 Å². The van der Waals surface area contributed by atoms with Crippen molar-refractivity contribution in [2.75, 3.05) is 19.6 Å². The molecule has 1 amide bonds. The van der Waals surface area contributed by atoms with Gasteiger partial charge in [-0.3, -0.25) is 9.69 Å². The van der Waals surface area contributed by atoms with Crippen molar-refractivity contribution < 1.29 is 23.1 Å². The summed E-state index contributed by atoms with van der Waals surface area (Å²) in [5, 5.41) is 9.65. The fourth-order valence-corrected chi connectivity index (χ4v) is 3.53. The van der Waals surface area contributed by atoms with Crippen molar-refractivity contribution in [1.82, 2.24) is 9.80 Å². The minimum Gasteiger partial charge on any atom is -0.392 e. The highest BCUT2D eigenvalue weighted by Crippen LogP contribution is 2.30. The lowest BCUT2D eigenvalue weighted by Crippen LogP contribution is -2.51. The number of amides is 1. The zero-order valence-electron chi connectivity index (χ0n) is 13.3. The topological polar surface area (TPSA) is 43.8 Å². The van der Waals surface area contributed by atoms with Crippen LogP contribution in [-0.4, -0.2) is 52.6 Å². The van der Waals surface area contributed by atoms with Crippen LogP contribution < -0.4 is 0 Å². The Kier molecular flexibility index (Phi) is 4.83. The fourth-order valence-electron chi connectivity index (χ4n) is 3.53. The zero-order chi connectivity index (χ0) is 17.3. The van der Waals surface area contributed by atoms with Crippen LogP contribution in [0.25, 0.3) is 0 Å². The number of hydrogen-bond donors (Lipinski definition) is 1. The number of nitrogens with zero attached hydrogens (tertiary/aromatic N) is 2. The van der Waals surface area contributed by atoms with E-state index < -0.39 is 17.8 Å². The van der Waals surface area contributed by atoms with Gasteiger partial charge < -0.3 is 10.0 Å². The molecule has 0 radical (unpaired) electrons. The summed E-state index contributed by atoms with van der Waals surface area (Å²) in [6, 6.07) is 4.88. The number of β-amino-alcohol motifs (C(OH)–C–C–N with tert-alkyl or cyclic N) is 1. The lowest BCUT2D eigenvalue weighted by molar-refractivity contribution is -0.140. The first-order chi connectivity index (χ1) is 11.3. The average Bonchev–Trinajstić information content (AvgIpc) is 2.95. The van der Waals surface area contributed by atoms with E-state index in [4.69, 9.17) is 0 Å². The van der Waals surface area contributed by atoms with Crippen LogP contribution in [0, 0.1) is 0 Å². The summed E-state index contributed by atoms with van der Waals surface area (Å²) in [6.07, 6.45) is -2.54. The number of aliphatic hydroxyl groups is 1. The van der Waals surface area contributed by atoms with Crippen LogP contribution in [0.1, 0.15) is 30.4 Å². The highest BCUT2D eigenvalue weighted by atomic mass is 19.4. The van der Waals surface area contributed by atoms with E-state index in [0.717, 1.165) is 25.0 Å². The molecule has 0 spiro atoms. The smallest absolute Gasteiger partial charge is 0.392 e. The molecule has 2 saturated heterocycles. The molecule has 4 nitrogen and oxygen atoms in total. The van der Waals surface area contributed by atoms with Crippen molar-refractivity contribution >= 4 is 5.91 Å². The Bertz CT molecular complexity index is 606. The zero-order valence-corrected chi connectivity index (χ0v) is 13.3. The third-order valence-corrected chi connectivity index (χ3v) is 4.77. The molecule has 0 bridgehead atoms. The van der Waals surface area contributed by atoms with Crippen LogP contribution in [0.4, 0.5) is 13.2 Å². The molecular formula is C17H21F3N2O2. The number of alkyl halides is 3. The Morgan fingerprint density at radius 2 is 2.00 bits per heavy atom. The number of carbonyl (C=O) groups excluding carboxylic acids is 1. The lowest BCUT2D eigenvalue weighted by Gasteiger charge is -2.36.